The zero-order valence-corrected chi connectivity index (χ0v) is 9.01. The van der Waals surface area contributed by atoms with Crippen LogP contribution in [0.15, 0.2) is 18.3 Å². The van der Waals surface area contributed by atoms with Gasteiger partial charge in [-0.2, -0.15) is 13.2 Å². The molecule has 0 radical (unpaired) electrons. The highest BCUT2D eigenvalue weighted by molar-refractivity contribution is 5.58. The third-order valence-electron chi connectivity index (χ3n) is 2.09. The van der Waals surface area contributed by atoms with Gasteiger partial charge in [-0.3, -0.25) is 4.98 Å². The third kappa shape index (κ3) is 3.32. The fraction of sp³-hybridized carbons (Fsp3) is 0.455. The molecule has 88 valence electrons. The van der Waals surface area contributed by atoms with E-state index in [4.69, 9.17) is 0 Å². The molecule has 1 heterocycles. The van der Waals surface area contributed by atoms with Crippen LogP contribution in [0.2, 0.25) is 0 Å². The lowest BCUT2D eigenvalue weighted by Crippen LogP contribution is -2.17. The minimum absolute atomic E-state index is 0.377. The van der Waals surface area contributed by atoms with Crippen molar-refractivity contribution in [1.82, 2.24) is 4.98 Å². The van der Waals surface area contributed by atoms with Crippen molar-refractivity contribution in [3.05, 3.63) is 29.6 Å². The molecule has 0 N–H and O–H groups in total. The van der Waals surface area contributed by atoms with Crippen molar-refractivity contribution in [1.29, 1.82) is 0 Å². The van der Waals surface area contributed by atoms with Crippen LogP contribution in [0.3, 0.4) is 0 Å². The molecule has 0 spiro atoms. The van der Waals surface area contributed by atoms with Crippen LogP contribution in [0.5, 0.6) is 0 Å². The van der Waals surface area contributed by atoms with Gasteiger partial charge in [-0.1, -0.05) is 19.9 Å². The van der Waals surface area contributed by atoms with Gasteiger partial charge >= 0.3 is 6.18 Å². The predicted octanol–water partition coefficient (Wildman–Crippen LogP) is 2.87. The lowest BCUT2D eigenvalue weighted by atomic mass is 9.88. The Bertz CT molecular complexity index is 368. The van der Waals surface area contributed by atoms with Crippen LogP contribution in [-0.4, -0.2) is 11.3 Å². The van der Waals surface area contributed by atoms with Crippen molar-refractivity contribution in [2.75, 3.05) is 0 Å². The maximum Gasteiger partial charge on any atom is 0.433 e. The van der Waals surface area contributed by atoms with Crippen molar-refractivity contribution in [3.63, 3.8) is 0 Å². The normalized spacial score (nSPS) is 12.6. The van der Waals surface area contributed by atoms with E-state index in [0.29, 0.717) is 12.0 Å². The number of carbonyl (C=O) groups is 1. The van der Waals surface area contributed by atoms with Crippen LogP contribution in [-0.2, 0) is 17.4 Å². The zero-order valence-electron chi connectivity index (χ0n) is 9.01. The van der Waals surface area contributed by atoms with Gasteiger partial charge in [0.25, 0.3) is 0 Å². The van der Waals surface area contributed by atoms with Crippen molar-refractivity contribution in [2.24, 2.45) is 5.41 Å². The van der Waals surface area contributed by atoms with Crippen molar-refractivity contribution in [3.8, 4) is 0 Å². The molecule has 0 fully saturated rings. The first kappa shape index (κ1) is 12.7. The molecule has 0 saturated carbocycles. The quantitative estimate of drug-likeness (QED) is 0.749. The summed E-state index contributed by atoms with van der Waals surface area (Å²) in [7, 11) is 0. The highest BCUT2D eigenvalue weighted by Crippen LogP contribution is 2.28. The number of pyridine rings is 1. The molecule has 0 atom stereocenters. The Balaban J connectivity index is 2.84. The summed E-state index contributed by atoms with van der Waals surface area (Å²) in [6.45, 7) is 3.44. The monoisotopic (exact) mass is 231 g/mol. The van der Waals surface area contributed by atoms with Gasteiger partial charge in [0.15, 0.2) is 0 Å². The molecule has 1 aromatic rings. The summed E-state index contributed by atoms with van der Waals surface area (Å²) >= 11 is 0. The Morgan fingerprint density at radius 3 is 2.31 bits per heavy atom. The SMILES string of the molecule is CC(C)(C=O)Cc1ccc(C(F)(F)F)nc1. The average Bonchev–Trinajstić information content (AvgIpc) is 2.16. The lowest BCUT2D eigenvalue weighted by Gasteiger charge is -2.16. The third-order valence-corrected chi connectivity index (χ3v) is 2.09. The minimum atomic E-state index is -4.42. The Hall–Kier alpha value is -1.39. The summed E-state index contributed by atoms with van der Waals surface area (Å²) in [5, 5.41) is 0. The number of hydrogen-bond donors (Lipinski definition) is 0. The number of aldehydes is 1. The van der Waals surface area contributed by atoms with Crippen LogP contribution < -0.4 is 0 Å². The summed E-state index contributed by atoms with van der Waals surface area (Å²) in [5.74, 6) is 0. The number of halogens is 3. The maximum absolute atomic E-state index is 12.2. The van der Waals surface area contributed by atoms with Crippen LogP contribution in [0.25, 0.3) is 0 Å². The molecule has 0 bridgehead atoms. The number of nitrogens with zero attached hydrogens (tertiary/aromatic N) is 1. The molecule has 1 aromatic heterocycles. The molecule has 0 amide bonds. The Morgan fingerprint density at radius 1 is 1.31 bits per heavy atom. The first-order chi connectivity index (χ1) is 7.24. The lowest BCUT2D eigenvalue weighted by molar-refractivity contribution is -0.141. The molecule has 0 aliphatic heterocycles. The molecule has 5 heteroatoms. The van der Waals surface area contributed by atoms with Crippen LogP contribution in [0, 0.1) is 5.41 Å². The zero-order chi connectivity index (χ0) is 12.4. The van der Waals surface area contributed by atoms with E-state index in [9.17, 15) is 18.0 Å². The predicted molar refractivity (Wildman–Crippen MR) is 52.8 cm³/mol. The molecule has 0 unspecified atom stereocenters. The van der Waals surface area contributed by atoms with E-state index in [0.717, 1.165) is 18.5 Å². The maximum atomic E-state index is 12.2. The molecule has 0 aliphatic carbocycles. The van der Waals surface area contributed by atoms with E-state index >= 15 is 0 Å². The summed E-state index contributed by atoms with van der Waals surface area (Å²) in [6, 6.07) is 2.28. The summed E-state index contributed by atoms with van der Waals surface area (Å²) in [5.41, 5.74) is -0.883. The first-order valence-electron chi connectivity index (χ1n) is 4.73. The second-order valence-corrected chi connectivity index (χ2v) is 4.33. The smallest absolute Gasteiger partial charge is 0.303 e. The first-order valence-corrected chi connectivity index (χ1v) is 4.73. The molecule has 0 aliphatic rings. The van der Waals surface area contributed by atoms with E-state index in [2.05, 4.69) is 4.98 Å². The van der Waals surface area contributed by atoms with Gasteiger partial charge in [-0.25, -0.2) is 0 Å². The van der Waals surface area contributed by atoms with Gasteiger partial charge < -0.3 is 4.79 Å². The minimum Gasteiger partial charge on any atom is -0.303 e. The van der Waals surface area contributed by atoms with E-state index in [1.807, 2.05) is 0 Å². The molecule has 1 rings (SSSR count). The molecule has 0 aromatic carbocycles. The van der Waals surface area contributed by atoms with Crippen LogP contribution >= 0.6 is 0 Å². The van der Waals surface area contributed by atoms with Crippen molar-refractivity contribution < 1.29 is 18.0 Å². The summed E-state index contributed by atoms with van der Waals surface area (Å²) in [4.78, 5) is 14.0. The average molecular weight is 231 g/mol. The van der Waals surface area contributed by atoms with Crippen molar-refractivity contribution >= 4 is 6.29 Å². The van der Waals surface area contributed by atoms with Crippen LogP contribution in [0.1, 0.15) is 25.1 Å². The Kier molecular flexibility index (Phi) is 3.35. The van der Waals surface area contributed by atoms with Crippen molar-refractivity contribution in [2.45, 2.75) is 26.4 Å². The number of carbonyl (C=O) groups excluding carboxylic acids is 1. The fourth-order valence-electron chi connectivity index (χ4n) is 1.26. The molecule has 2 nitrogen and oxygen atoms in total. The standard InChI is InChI=1S/C11H12F3NO/c1-10(2,7-16)5-8-3-4-9(15-6-8)11(12,13)14/h3-4,6-7H,5H2,1-2H3. The summed E-state index contributed by atoms with van der Waals surface area (Å²) < 4.78 is 36.6. The second kappa shape index (κ2) is 4.23. The van der Waals surface area contributed by atoms with Crippen LogP contribution in [0.4, 0.5) is 13.2 Å². The van der Waals surface area contributed by atoms with E-state index in [-0.39, 0.29) is 0 Å². The molecule has 0 saturated heterocycles. The topological polar surface area (TPSA) is 30.0 Å². The number of alkyl halides is 3. The highest BCUT2D eigenvalue weighted by atomic mass is 19.4. The Labute approximate surface area is 91.5 Å². The number of hydrogen-bond acceptors (Lipinski definition) is 2. The number of rotatable bonds is 3. The van der Waals surface area contributed by atoms with Gasteiger partial charge in [0.2, 0.25) is 0 Å². The molecule has 16 heavy (non-hydrogen) atoms. The van der Waals surface area contributed by atoms with Gasteiger partial charge in [-0.05, 0) is 18.1 Å². The van der Waals surface area contributed by atoms with Gasteiger partial charge in [0, 0.05) is 11.6 Å². The fourth-order valence-corrected chi connectivity index (χ4v) is 1.26. The highest BCUT2D eigenvalue weighted by Gasteiger charge is 2.32. The largest absolute Gasteiger partial charge is 0.433 e. The molecular formula is C11H12F3NO. The summed E-state index contributed by atoms with van der Waals surface area (Å²) in [6.07, 6.45) is -2.10. The van der Waals surface area contributed by atoms with Gasteiger partial charge in [0.1, 0.15) is 12.0 Å². The van der Waals surface area contributed by atoms with E-state index in [1.54, 1.807) is 13.8 Å². The Morgan fingerprint density at radius 2 is 1.94 bits per heavy atom. The van der Waals surface area contributed by atoms with Gasteiger partial charge in [0.05, 0.1) is 0 Å². The van der Waals surface area contributed by atoms with Gasteiger partial charge in [-0.15, -0.1) is 0 Å². The number of aromatic nitrogens is 1. The van der Waals surface area contributed by atoms with E-state index < -0.39 is 17.3 Å². The molecular weight excluding hydrogens is 219 g/mol. The second-order valence-electron chi connectivity index (χ2n) is 4.33. The van der Waals surface area contributed by atoms with E-state index in [1.165, 1.54) is 6.07 Å².